The summed E-state index contributed by atoms with van der Waals surface area (Å²) in [5.41, 5.74) is 0. The van der Waals surface area contributed by atoms with Crippen LogP contribution >= 0.6 is 22.6 Å². The zero-order valence-electron chi connectivity index (χ0n) is 9.34. The lowest BCUT2D eigenvalue weighted by Gasteiger charge is -1.92. The summed E-state index contributed by atoms with van der Waals surface area (Å²) >= 11 is 2.45. The Kier molecular flexibility index (Phi) is 13.4. The van der Waals surface area contributed by atoms with Crippen LogP contribution in [0.4, 0.5) is 0 Å². The third kappa shape index (κ3) is 12.2. The Morgan fingerprint density at radius 1 is 0.857 bits per heavy atom. The third-order valence-corrected chi connectivity index (χ3v) is 2.87. The van der Waals surface area contributed by atoms with Crippen LogP contribution in [0.1, 0.15) is 51.9 Å². The van der Waals surface area contributed by atoms with Crippen LogP contribution in [0.3, 0.4) is 0 Å². The molecule has 0 aliphatic heterocycles. The Balaban J connectivity index is 3.14. The highest BCUT2D eigenvalue weighted by Gasteiger charge is 1.83. The molecule has 0 saturated heterocycles. The van der Waals surface area contributed by atoms with Gasteiger partial charge in [0.25, 0.3) is 0 Å². The van der Waals surface area contributed by atoms with Crippen LogP contribution in [-0.4, -0.2) is 4.43 Å². The molecule has 0 rings (SSSR count). The van der Waals surface area contributed by atoms with Crippen LogP contribution in [-0.2, 0) is 0 Å². The van der Waals surface area contributed by atoms with Gasteiger partial charge in [0.1, 0.15) is 0 Å². The highest BCUT2D eigenvalue weighted by atomic mass is 127. The van der Waals surface area contributed by atoms with Crippen molar-refractivity contribution in [3.63, 3.8) is 0 Å². The van der Waals surface area contributed by atoms with Gasteiger partial charge in [-0.3, -0.25) is 0 Å². The third-order valence-electron chi connectivity index (χ3n) is 2.11. The Hall–Kier alpha value is 0.210. The summed E-state index contributed by atoms with van der Waals surface area (Å²) in [6.45, 7) is 2.23. The fourth-order valence-corrected chi connectivity index (χ4v) is 1.74. The van der Waals surface area contributed by atoms with E-state index in [9.17, 15) is 0 Å². The molecular formula is C13H23I. The molecule has 14 heavy (non-hydrogen) atoms. The van der Waals surface area contributed by atoms with Gasteiger partial charge in [-0.2, -0.15) is 0 Å². The van der Waals surface area contributed by atoms with E-state index < -0.39 is 0 Å². The summed E-state index contributed by atoms with van der Waals surface area (Å²) < 4.78 is 1.30. The van der Waals surface area contributed by atoms with Crippen molar-refractivity contribution in [1.29, 1.82) is 0 Å². The zero-order valence-corrected chi connectivity index (χ0v) is 11.5. The molecule has 0 spiro atoms. The van der Waals surface area contributed by atoms with Gasteiger partial charge in [-0.05, 0) is 30.1 Å². The molecule has 0 aromatic carbocycles. The molecule has 0 heterocycles. The van der Waals surface area contributed by atoms with E-state index in [4.69, 9.17) is 0 Å². The van der Waals surface area contributed by atoms with Crippen LogP contribution in [0, 0.1) is 0 Å². The number of rotatable bonds is 9. The van der Waals surface area contributed by atoms with Crippen LogP contribution in [0.15, 0.2) is 24.3 Å². The van der Waals surface area contributed by atoms with Crippen LogP contribution < -0.4 is 0 Å². The maximum atomic E-state index is 2.45. The first-order valence-electron chi connectivity index (χ1n) is 5.79. The lowest BCUT2D eigenvalue weighted by molar-refractivity contribution is 0.739. The van der Waals surface area contributed by atoms with Crippen molar-refractivity contribution in [2.24, 2.45) is 0 Å². The molecule has 0 nitrogen and oxygen atoms in total. The molecule has 0 aliphatic carbocycles. The molecule has 0 unspecified atom stereocenters. The lowest BCUT2D eigenvalue weighted by atomic mass is 10.2. The van der Waals surface area contributed by atoms with Crippen LogP contribution in [0.25, 0.3) is 0 Å². The smallest absolute Gasteiger partial charge is 0.000473 e. The molecule has 0 aromatic heterocycles. The van der Waals surface area contributed by atoms with Crippen molar-refractivity contribution >= 4 is 22.6 Å². The maximum Gasteiger partial charge on any atom is -0.000473 e. The van der Waals surface area contributed by atoms with Crippen molar-refractivity contribution in [2.45, 2.75) is 51.9 Å². The summed E-state index contributed by atoms with van der Waals surface area (Å²) in [5, 5.41) is 0. The lowest BCUT2D eigenvalue weighted by Crippen LogP contribution is -1.75. The van der Waals surface area contributed by atoms with Gasteiger partial charge in [-0.25, -0.2) is 0 Å². The summed E-state index contributed by atoms with van der Waals surface area (Å²) in [5.74, 6) is 0. The van der Waals surface area contributed by atoms with Crippen molar-refractivity contribution in [3.05, 3.63) is 24.3 Å². The van der Waals surface area contributed by atoms with Crippen molar-refractivity contribution in [1.82, 2.24) is 0 Å². The van der Waals surface area contributed by atoms with Gasteiger partial charge in [0.15, 0.2) is 0 Å². The van der Waals surface area contributed by atoms with E-state index in [1.54, 1.807) is 0 Å². The zero-order chi connectivity index (χ0) is 10.5. The number of allylic oxidation sites excluding steroid dienone is 4. The monoisotopic (exact) mass is 306 g/mol. The fourth-order valence-electron chi connectivity index (χ4n) is 1.21. The minimum absolute atomic E-state index is 1.23. The van der Waals surface area contributed by atoms with Gasteiger partial charge in [-0.1, -0.05) is 73.1 Å². The van der Waals surface area contributed by atoms with Gasteiger partial charge in [0, 0.05) is 0 Å². The minimum atomic E-state index is 1.23. The molecule has 0 amide bonds. The summed E-state index contributed by atoms with van der Waals surface area (Å²) in [6, 6.07) is 0. The van der Waals surface area contributed by atoms with E-state index >= 15 is 0 Å². The van der Waals surface area contributed by atoms with Crippen LogP contribution in [0.2, 0.25) is 0 Å². The molecule has 82 valence electrons. The Morgan fingerprint density at radius 3 is 2.07 bits per heavy atom. The van der Waals surface area contributed by atoms with E-state index in [2.05, 4.69) is 53.8 Å². The molecule has 0 saturated carbocycles. The van der Waals surface area contributed by atoms with Gasteiger partial charge in [0.2, 0.25) is 0 Å². The number of halogens is 1. The van der Waals surface area contributed by atoms with Crippen LogP contribution in [0.5, 0.6) is 0 Å². The van der Waals surface area contributed by atoms with E-state index in [1.807, 2.05) is 0 Å². The first-order valence-corrected chi connectivity index (χ1v) is 7.32. The van der Waals surface area contributed by atoms with Crippen molar-refractivity contribution in [2.75, 3.05) is 4.43 Å². The van der Waals surface area contributed by atoms with E-state index in [1.165, 1.54) is 49.4 Å². The topological polar surface area (TPSA) is 0 Å². The number of unbranched alkanes of at least 4 members (excludes halogenated alkanes) is 5. The SMILES string of the molecule is CCCC/C=C\C=C\CCCCCI. The predicted molar refractivity (Wildman–Crippen MR) is 75.2 cm³/mol. The number of hydrogen-bond acceptors (Lipinski definition) is 0. The Labute approximate surface area is 103 Å². The molecular weight excluding hydrogens is 283 g/mol. The van der Waals surface area contributed by atoms with Gasteiger partial charge in [-0.15, -0.1) is 0 Å². The average Bonchev–Trinajstić information content (AvgIpc) is 2.21. The van der Waals surface area contributed by atoms with Gasteiger partial charge in [0.05, 0.1) is 0 Å². The second-order valence-electron chi connectivity index (χ2n) is 3.54. The minimum Gasteiger partial charge on any atom is -0.0864 e. The molecule has 0 radical (unpaired) electrons. The van der Waals surface area contributed by atoms with E-state index in [-0.39, 0.29) is 0 Å². The normalized spacial score (nSPS) is 11.9. The van der Waals surface area contributed by atoms with E-state index in [0.29, 0.717) is 0 Å². The average molecular weight is 306 g/mol. The van der Waals surface area contributed by atoms with Crippen molar-refractivity contribution in [3.8, 4) is 0 Å². The highest BCUT2D eigenvalue weighted by Crippen LogP contribution is 2.03. The summed E-state index contributed by atoms with van der Waals surface area (Å²) in [4.78, 5) is 0. The predicted octanol–water partition coefficient (Wildman–Crippen LogP) is 5.28. The Bertz CT molecular complexity index is 147. The molecule has 0 fully saturated rings. The van der Waals surface area contributed by atoms with Gasteiger partial charge >= 0.3 is 0 Å². The first kappa shape index (κ1) is 14.2. The molecule has 0 N–H and O–H groups in total. The maximum absolute atomic E-state index is 2.45. The Morgan fingerprint density at radius 2 is 1.50 bits per heavy atom. The molecule has 0 atom stereocenters. The quantitative estimate of drug-likeness (QED) is 0.235. The van der Waals surface area contributed by atoms with E-state index in [0.717, 1.165) is 0 Å². The fraction of sp³-hybridized carbons (Fsp3) is 0.692. The first-order chi connectivity index (χ1) is 6.91. The number of hydrogen-bond donors (Lipinski definition) is 0. The molecule has 1 heteroatoms. The van der Waals surface area contributed by atoms with Gasteiger partial charge < -0.3 is 0 Å². The summed E-state index contributed by atoms with van der Waals surface area (Å²) in [7, 11) is 0. The second-order valence-corrected chi connectivity index (χ2v) is 4.62. The summed E-state index contributed by atoms with van der Waals surface area (Å²) in [6.07, 6.45) is 18.1. The molecule has 0 aromatic rings. The highest BCUT2D eigenvalue weighted by molar-refractivity contribution is 14.1. The van der Waals surface area contributed by atoms with Crippen molar-refractivity contribution < 1.29 is 0 Å². The number of alkyl halides is 1. The second kappa shape index (κ2) is 13.2. The molecule has 0 aliphatic rings. The standard InChI is InChI=1S/C13H23I/c1-2-3-4-5-6-7-8-9-10-11-12-13-14/h5-8H,2-4,9-13H2,1H3/b6-5-,8-7+. The molecule has 0 bridgehead atoms. The largest absolute Gasteiger partial charge is 0.0864 e.